The summed E-state index contributed by atoms with van der Waals surface area (Å²) in [6.45, 7) is 1.18. The van der Waals surface area contributed by atoms with Crippen LogP contribution in [0, 0.1) is 0 Å². The Morgan fingerprint density at radius 2 is 2.03 bits per heavy atom. The Hall–Kier alpha value is -3.48. The number of benzene rings is 1. The minimum Gasteiger partial charge on any atom is -0.481 e. The number of aliphatic hydroxyl groups is 1. The molecule has 2 amide bonds. The lowest BCUT2D eigenvalue weighted by molar-refractivity contribution is 0.255. The molecule has 0 saturated carbocycles. The first-order valence-electron chi connectivity index (χ1n) is 12.2. The Morgan fingerprint density at radius 3 is 2.81 bits per heavy atom. The molecule has 0 bridgehead atoms. The number of methoxy groups -OCH3 is 1. The number of nitrogens with zero attached hydrogens (tertiary/aromatic N) is 4. The van der Waals surface area contributed by atoms with Gasteiger partial charge in [0.25, 0.3) is 10.0 Å². The molecule has 0 unspecified atom stereocenters. The summed E-state index contributed by atoms with van der Waals surface area (Å²) in [5, 5.41) is 16.3. The molecular formula is C25H30N6O5S. The Labute approximate surface area is 215 Å². The highest BCUT2D eigenvalue weighted by atomic mass is 32.2. The van der Waals surface area contributed by atoms with Gasteiger partial charge in [-0.3, -0.25) is 4.68 Å². The second kappa shape index (κ2) is 10.1. The van der Waals surface area contributed by atoms with Crippen LogP contribution < -0.4 is 14.8 Å². The van der Waals surface area contributed by atoms with Crippen LogP contribution in [0.25, 0.3) is 11.1 Å². The third-order valence-electron chi connectivity index (χ3n) is 6.86. The molecule has 11 nitrogen and oxygen atoms in total. The average Bonchev–Trinajstić information content (AvgIpc) is 3.50. The minimum absolute atomic E-state index is 0.170. The van der Waals surface area contributed by atoms with E-state index in [2.05, 4.69) is 25.0 Å². The van der Waals surface area contributed by atoms with Crippen LogP contribution in [0.15, 0.2) is 35.5 Å². The number of hydrogen-bond acceptors (Lipinski definition) is 8. The predicted molar refractivity (Wildman–Crippen MR) is 137 cm³/mol. The number of aryl methyl sites for hydroxylation is 1. The van der Waals surface area contributed by atoms with Crippen molar-refractivity contribution in [1.29, 1.82) is 0 Å². The van der Waals surface area contributed by atoms with Gasteiger partial charge in [0.05, 0.1) is 31.6 Å². The lowest BCUT2D eigenvalue weighted by Crippen LogP contribution is -2.36. The predicted octanol–water partition coefficient (Wildman–Crippen LogP) is 1.93. The van der Waals surface area contributed by atoms with Gasteiger partial charge in [-0.15, -0.1) is 0 Å². The first kappa shape index (κ1) is 25.2. The third kappa shape index (κ3) is 4.91. The second-order valence-corrected chi connectivity index (χ2v) is 10.9. The summed E-state index contributed by atoms with van der Waals surface area (Å²) >= 11 is 0. The molecule has 3 N–H and O–H groups in total. The topological polar surface area (TPSA) is 139 Å². The van der Waals surface area contributed by atoms with Gasteiger partial charge < -0.3 is 20.1 Å². The lowest BCUT2D eigenvalue weighted by atomic mass is 9.98. The molecule has 12 heteroatoms. The van der Waals surface area contributed by atoms with Crippen molar-refractivity contribution in [2.75, 3.05) is 32.6 Å². The fourth-order valence-electron chi connectivity index (χ4n) is 5.12. The molecule has 2 aliphatic rings. The summed E-state index contributed by atoms with van der Waals surface area (Å²) in [6, 6.07) is 6.69. The van der Waals surface area contributed by atoms with E-state index in [0.29, 0.717) is 36.6 Å². The van der Waals surface area contributed by atoms with E-state index in [-0.39, 0.29) is 18.2 Å². The van der Waals surface area contributed by atoms with E-state index in [4.69, 9.17) is 4.74 Å². The van der Waals surface area contributed by atoms with Crippen molar-refractivity contribution >= 4 is 21.7 Å². The quantitative estimate of drug-likeness (QED) is 0.425. The van der Waals surface area contributed by atoms with Crippen LogP contribution in [0.2, 0.25) is 0 Å². The number of aromatic nitrogens is 3. The number of sulfonamides is 1. The van der Waals surface area contributed by atoms with Gasteiger partial charge in [-0.1, -0.05) is 12.1 Å². The van der Waals surface area contributed by atoms with Crippen LogP contribution in [0.3, 0.4) is 0 Å². The first-order chi connectivity index (χ1) is 17.8. The van der Waals surface area contributed by atoms with Crippen molar-refractivity contribution in [2.45, 2.75) is 43.8 Å². The van der Waals surface area contributed by atoms with E-state index in [9.17, 15) is 18.3 Å². The molecule has 196 valence electrons. The highest BCUT2D eigenvalue weighted by Crippen LogP contribution is 2.38. The van der Waals surface area contributed by atoms with Crippen LogP contribution in [-0.4, -0.2) is 66.5 Å². The van der Waals surface area contributed by atoms with Gasteiger partial charge in [-0.2, -0.15) is 13.5 Å². The van der Waals surface area contributed by atoms with Gasteiger partial charge in [0.1, 0.15) is 0 Å². The molecule has 0 fully saturated rings. The van der Waals surface area contributed by atoms with Crippen molar-refractivity contribution in [3.63, 3.8) is 0 Å². The Morgan fingerprint density at radius 1 is 1.19 bits per heavy atom. The summed E-state index contributed by atoms with van der Waals surface area (Å²) in [5.41, 5.74) is 5.56. The number of anilines is 1. The van der Waals surface area contributed by atoms with Crippen molar-refractivity contribution < 1.29 is 23.1 Å². The van der Waals surface area contributed by atoms with Crippen LogP contribution in [0.5, 0.6) is 5.88 Å². The molecule has 1 aromatic carbocycles. The largest absolute Gasteiger partial charge is 0.481 e. The zero-order chi connectivity index (χ0) is 26.2. The van der Waals surface area contributed by atoms with Crippen LogP contribution in [-0.2, 0) is 42.4 Å². The van der Waals surface area contributed by atoms with E-state index in [0.717, 1.165) is 47.2 Å². The fourth-order valence-corrected chi connectivity index (χ4v) is 6.26. The van der Waals surface area contributed by atoms with E-state index < -0.39 is 16.1 Å². The fraction of sp³-hybridized carbons (Fsp3) is 0.400. The SMILES string of the molecule is COc1cc(-c2ccc3c(c2NC(=O)NS(=O)(=O)c2nn(CCO)c4c2CCN(C)C4)CCC3)ccn1. The lowest BCUT2D eigenvalue weighted by Gasteiger charge is -2.23. The molecule has 0 atom stereocenters. The van der Waals surface area contributed by atoms with Gasteiger partial charge in [-0.05, 0) is 55.5 Å². The number of hydrogen-bond donors (Lipinski definition) is 3. The molecule has 3 aromatic rings. The smallest absolute Gasteiger partial charge is 0.333 e. The molecule has 1 aliphatic carbocycles. The van der Waals surface area contributed by atoms with E-state index in [1.807, 2.05) is 25.2 Å². The normalized spacial score (nSPS) is 15.2. The third-order valence-corrected chi connectivity index (χ3v) is 8.15. The van der Waals surface area contributed by atoms with Crippen LogP contribution in [0.4, 0.5) is 10.5 Å². The van der Waals surface area contributed by atoms with E-state index >= 15 is 0 Å². The van der Waals surface area contributed by atoms with E-state index in [1.165, 1.54) is 11.8 Å². The zero-order valence-corrected chi connectivity index (χ0v) is 21.6. The van der Waals surface area contributed by atoms with Crippen LogP contribution in [0.1, 0.15) is 28.8 Å². The summed E-state index contributed by atoms with van der Waals surface area (Å²) in [5.74, 6) is 0.435. The van der Waals surface area contributed by atoms with Crippen molar-refractivity contribution in [1.82, 2.24) is 24.4 Å². The van der Waals surface area contributed by atoms with Gasteiger partial charge in [0, 0.05) is 36.5 Å². The zero-order valence-electron chi connectivity index (χ0n) is 20.8. The molecule has 0 radical (unpaired) electrons. The maximum absolute atomic E-state index is 13.3. The average molecular weight is 527 g/mol. The maximum Gasteiger partial charge on any atom is 0.333 e. The number of rotatable bonds is 7. The number of nitrogens with one attached hydrogen (secondary N) is 2. The maximum atomic E-state index is 13.3. The van der Waals surface area contributed by atoms with Gasteiger partial charge >= 0.3 is 6.03 Å². The number of aliphatic hydroxyl groups excluding tert-OH is 1. The highest BCUT2D eigenvalue weighted by Gasteiger charge is 2.32. The van der Waals surface area contributed by atoms with E-state index in [1.54, 1.807) is 12.3 Å². The minimum atomic E-state index is -4.26. The monoisotopic (exact) mass is 526 g/mol. The number of carbonyl (C=O) groups excluding carboxylic acids is 1. The molecule has 5 rings (SSSR count). The molecular weight excluding hydrogens is 496 g/mol. The van der Waals surface area contributed by atoms with Crippen LogP contribution >= 0.6 is 0 Å². The Bertz CT molecular complexity index is 1450. The van der Waals surface area contributed by atoms with Crippen molar-refractivity contribution in [3.8, 4) is 17.0 Å². The number of carbonyl (C=O) groups is 1. The number of urea groups is 1. The Kier molecular flexibility index (Phi) is 6.88. The first-order valence-corrected chi connectivity index (χ1v) is 13.7. The number of likely N-dealkylation sites (N-methyl/N-ethyl adjacent to an activating group) is 1. The highest BCUT2D eigenvalue weighted by molar-refractivity contribution is 7.90. The summed E-state index contributed by atoms with van der Waals surface area (Å²) in [6.07, 6.45) is 4.73. The van der Waals surface area contributed by atoms with Gasteiger partial charge in [0.2, 0.25) is 10.9 Å². The molecule has 1 aliphatic heterocycles. The number of fused-ring (bicyclic) bond motifs is 2. The van der Waals surface area contributed by atoms with Crippen molar-refractivity contribution in [2.24, 2.45) is 0 Å². The molecule has 3 heterocycles. The molecule has 37 heavy (non-hydrogen) atoms. The second-order valence-electron chi connectivity index (χ2n) is 9.29. The number of amides is 2. The molecule has 2 aromatic heterocycles. The summed E-state index contributed by atoms with van der Waals surface area (Å²) in [7, 11) is -0.792. The van der Waals surface area contributed by atoms with Gasteiger partial charge in [-0.25, -0.2) is 14.5 Å². The summed E-state index contributed by atoms with van der Waals surface area (Å²) in [4.78, 5) is 19.3. The number of pyridine rings is 1. The molecule has 0 spiro atoms. The Balaban J connectivity index is 1.46. The van der Waals surface area contributed by atoms with Crippen molar-refractivity contribution in [3.05, 3.63) is 52.8 Å². The molecule has 0 saturated heterocycles. The summed E-state index contributed by atoms with van der Waals surface area (Å²) < 4.78 is 35.6. The number of ether oxygens (including phenoxy) is 1. The van der Waals surface area contributed by atoms with Gasteiger partial charge in [0.15, 0.2) is 0 Å². The standard InChI is InChI=1S/C25H30N6O5S/c1-30-11-9-20-21(15-30)31(12-13-32)28-24(20)37(34,35)29-25(33)27-23-18-5-3-4-16(18)6-7-19(23)17-8-10-26-22(14-17)36-2/h6-8,10,14,32H,3-5,9,11-13,15H2,1-2H3,(H2,27,29,33).